The molecule has 0 bridgehead atoms. The van der Waals surface area contributed by atoms with E-state index in [9.17, 15) is 84.9 Å². The van der Waals surface area contributed by atoms with Crippen LogP contribution < -0.4 is 26.6 Å². The van der Waals surface area contributed by atoms with Crippen LogP contribution in [0.25, 0.3) is 0 Å². The summed E-state index contributed by atoms with van der Waals surface area (Å²) in [6, 6.07) is -7.89. The lowest BCUT2D eigenvalue weighted by Crippen LogP contribution is -2.72. The molecule has 0 radical (unpaired) electrons. The zero-order chi connectivity index (χ0) is 74.4. The summed E-state index contributed by atoms with van der Waals surface area (Å²) in [5.74, 6) is -4.29. The maximum Gasteiger partial charge on any atom is 0.302 e. The van der Waals surface area contributed by atoms with Crippen molar-refractivity contribution in [2.24, 2.45) is 0 Å². The number of unbranched alkanes of at least 4 members (excludes halogenated alkanes) is 11. The van der Waals surface area contributed by atoms with Crippen LogP contribution in [0.15, 0.2) is 12.2 Å². The molecule has 0 aromatic carbocycles. The first-order valence-corrected chi connectivity index (χ1v) is 35.2. The number of rotatable bonds is 37. The number of carbonyl (C=O) groups excluding carboxylic acids is 6. The minimum Gasteiger partial charge on any atom is -0.463 e. The molecule has 30 atom stereocenters. The molecular weight excluding hydrogens is 1340 g/mol. The van der Waals surface area contributed by atoms with Crippen molar-refractivity contribution in [1.82, 2.24) is 26.6 Å². The van der Waals surface area contributed by atoms with Gasteiger partial charge in [-0.05, 0) is 46.0 Å². The molecule has 35 heteroatoms. The van der Waals surface area contributed by atoms with Crippen molar-refractivity contribution in [3.05, 3.63) is 12.2 Å². The zero-order valence-electron chi connectivity index (χ0n) is 59.1. The number of aliphatic hydroxyl groups is 11. The van der Waals surface area contributed by atoms with E-state index in [0.717, 1.165) is 79.1 Å². The lowest BCUT2D eigenvalue weighted by molar-refractivity contribution is -0.366. The molecule has 12 unspecified atom stereocenters. The van der Waals surface area contributed by atoms with E-state index in [0.29, 0.717) is 6.42 Å². The van der Waals surface area contributed by atoms with Gasteiger partial charge >= 0.3 is 5.97 Å². The average molecular weight is 1460 g/mol. The highest BCUT2D eigenvalue weighted by molar-refractivity contribution is 5.76. The van der Waals surface area contributed by atoms with E-state index >= 15 is 0 Å². The fourth-order valence-corrected chi connectivity index (χ4v) is 13.4. The van der Waals surface area contributed by atoms with Crippen molar-refractivity contribution >= 4 is 35.5 Å². The van der Waals surface area contributed by atoms with E-state index in [1.54, 1.807) is 6.92 Å². The van der Waals surface area contributed by atoms with Gasteiger partial charge in [-0.3, -0.25) is 28.8 Å². The van der Waals surface area contributed by atoms with Gasteiger partial charge in [0, 0.05) is 48.1 Å². The van der Waals surface area contributed by atoms with E-state index in [-0.39, 0.29) is 6.42 Å². The van der Waals surface area contributed by atoms with Crippen molar-refractivity contribution in [2.45, 2.75) is 329 Å². The van der Waals surface area contributed by atoms with Crippen LogP contribution in [-0.2, 0) is 90.3 Å². The Kier molecular flexibility index (Phi) is 35.7. The van der Waals surface area contributed by atoms with Crippen LogP contribution in [0.2, 0.25) is 0 Å². The van der Waals surface area contributed by atoms with Gasteiger partial charge in [0.2, 0.25) is 29.5 Å². The van der Waals surface area contributed by atoms with Crippen LogP contribution in [0.5, 0.6) is 0 Å². The number of ether oxygens (including phenoxy) is 13. The molecule has 0 aromatic heterocycles. The number of amides is 5. The third-order valence-electron chi connectivity index (χ3n) is 18.8. The Morgan fingerprint density at radius 1 is 0.386 bits per heavy atom. The Hall–Kier alpha value is -4.36. The van der Waals surface area contributed by atoms with Gasteiger partial charge in [0.05, 0.1) is 44.7 Å². The van der Waals surface area contributed by atoms with E-state index in [1.807, 2.05) is 0 Å². The number of methoxy groups -OCH3 is 1. The first kappa shape index (κ1) is 85.6. The zero-order valence-corrected chi connectivity index (χ0v) is 59.1. The fourth-order valence-electron chi connectivity index (χ4n) is 13.4. The van der Waals surface area contributed by atoms with Gasteiger partial charge in [0.25, 0.3) is 0 Å². The molecule has 16 N–H and O–H groups in total. The Balaban J connectivity index is 1.17. The third-order valence-corrected chi connectivity index (χ3v) is 18.8. The van der Waals surface area contributed by atoms with Gasteiger partial charge in [-0.2, -0.15) is 0 Å². The smallest absolute Gasteiger partial charge is 0.302 e. The minimum atomic E-state index is -2.04. The molecule has 5 amide bonds. The molecule has 35 nitrogen and oxygen atoms in total. The lowest BCUT2D eigenvalue weighted by atomic mass is 9.92. The Morgan fingerprint density at radius 3 is 1.19 bits per heavy atom. The molecule has 6 aliphatic heterocycles. The van der Waals surface area contributed by atoms with Crippen LogP contribution in [0, 0.1) is 0 Å². The summed E-state index contributed by atoms with van der Waals surface area (Å²) in [5, 5.41) is 138. The molecule has 101 heavy (non-hydrogen) atoms. The highest BCUT2D eigenvalue weighted by Crippen LogP contribution is 2.37. The van der Waals surface area contributed by atoms with E-state index in [2.05, 4.69) is 45.7 Å². The van der Waals surface area contributed by atoms with E-state index in [4.69, 9.17) is 61.6 Å². The Morgan fingerprint density at radius 2 is 0.772 bits per heavy atom. The molecule has 0 aliphatic carbocycles. The molecule has 0 aromatic rings. The molecular formula is C66H113N5O30. The van der Waals surface area contributed by atoms with Gasteiger partial charge in [-0.1, -0.05) is 70.4 Å². The summed E-state index contributed by atoms with van der Waals surface area (Å²) in [7, 11) is 1.25. The van der Waals surface area contributed by atoms with E-state index < -0.39 is 252 Å². The maximum absolute atomic E-state index is 13.6. The Bertz CT molecular complexity index is 2570. The number of esters is 1. The Labute approximate surface area is 588 Å². The minimum absolute atomic E-state index is 0.00245. The number of hydrogen-bond donors (Lipinski definition) is 16. The van der Waals surface area contributed by atoms with Crippen molar-refractivity contribution in [3.63, 3.8) is 0 Å². The SMILES string of the molecule is CCCCCC/C=C\CCCCCCCCCC(=O)NC1[C@H](O[C@@H]2C(CO)O[C@@H](O[C@@H]3C(CO)O[C@@H](O[C@@H]4C(CO)O[C@@H](O[C@@H]5C(CO[C@@H]6OC(C)[C@@H](O)C(O)[C@H]6OC)O[C@@H](C)C(NC(C)=O)[C@H]5O)C(NC(C)=O)[C@H]4O)C(NC(C)=O)[C@H]3O)C(NC(C)=O)[C@H]2O)OC(COC(C)=O)[C@@H](O)[C@@H]1O. The van der Waals surface area contributed by atoms with Crippen LogP contribution >= 0.6 is 0 Å². The summed E-state index contributed by atoms with van der Waals surface area (Å²) >= 11 is 0. The monoisotopic (exact) mass is 1460 g/mol. The van der Waals surface area contributed by atoms with Gasteiger partial charge in [-0.25, -0.2) is 0 Å². The second kappa shape index (κ2) is 42.1. The predicted molar refractivity (Wildman–Crippen MR) is 347 cm³/mol. The quantitative estimate of drug-likeness (QED) is 0.0160. The standard InChI is InChI=1S/C66H113N5O30/c1-10-11-12-13-14-15-16-17-18-19-20-21-22-23-24-25-43(80)71-45-51(83)50(82)41(29-90-37(8)79)97-62(45)98-57-38(26-72)94-63(46(53(57)85)68-34(5)76)99-58-39(27-73)95-64(47(54(58)86)69-35(6)77)100-59-40(28-74)96-65(48(55(59)87)70-36(7)78)101-60-42(92-31(2)44(52(60)84)67-33(4)75)30-91-66-61(89-9)56(88)49(81)32(3)93-66/h15-16,31-32,38-42,44-66,72-74,81-88H,10-14,17-30H2,1-9H3,(H,67,75)(H,68,76)(H,69,77)(H,70,78)(H,71,80)/b16-15-/t31-,32?,38?,39?,40?,41?,42?,44?,45?,46?,47?,48?,49+,50+,51+,52+,53+,54+,55+,56?,57+,58+,59+,60+,61+,62-,63-,64-,65-,66+/m0/s1. The summed E-state index contributed by atoms with van der Waals surface area (Å²) in [6.45, 7) is 6.62. The molecule has 582 valence electrons. The molecule has 6 aliphatic rings. The van der Waals surface area contributed by atoms with Crippen molar-refractivity contribution < 1.29 is 147 Å². The normalized spacial score (nSPS) is 39.0. The van der Waals surface area contributed by atoms with E-state index in [1.165, 1.54) is 46.6 Å². The highest BCUT2D eigenvalue weighted by Gasteiger charge is 2.58. The molecule has 6 heterocycles. The number of hydrogen-bond acceptors (Lipinski definition) is 30. The van der Waals surface area contributed by atoms with Gasteiger partial charge < -0.3 is 144 Å². The molecule has 6 rings (SSSR count). The number of aliphatic hydroxyl groups excluding tert-OH is 11. The van der Waals surface area contributed by atoms with Gasteiger partial charge in [0.1, 0.15) is 141 Å². The first-order chi connectivity index (χ1) is 48.1. The van der Waals surface area contributed by atoms with Crippen LogP contribution in [0.1, 0.15) is 145 Å². The summed E-state index contributed by atoms with van der Waals surface area (Å²) < 4.78 is 78.3. The third kappa shape index (κ3) is 24.1. The van der Waals surface area contributed by atoms with Crippen LogP contribution in [0.3, 0.4) is 0 Å². The average Bonchev–Trinajstić information content (AvgIpc) is 0.774. The van der Waals surface area contributed by atoms with Crippen molar-refractivity contribution in [1.29, 1.82) is 0 Å². The summed E-state index contributed by atoms with van der Waals surface area (Å²) in [4.78, 5) is 76.9. The second-order valence-corrected chi connectivity index (χ2v) is 26.8. The number of allylic oxidation sites excluding steroid dienone is 2. The summed E-state index contributed by atoms with van der Waals surface area (Å²) in [6.07, 6.45) is -22.9. The topological polar surface area (TPSA) is 505 Å². The number of carbonyl (C=O) groups is 6. The largest absolute Gasteiger partial charge is 0.463 e. The van der Waals surface area contributed by atoms with Gasteiger partial charge in [0.15, 0.2) is 31.5 Å². The first-order valence-electron chi connectivity index (χ1n) is 35.2. The second-order valence-electron chi connectivity index (χ2n) is 26.8. The maximum atomic E-state index is 13.6. The molecule has 0 spiro atoms. The molecule has 0 saturated carbocycles. The van der Waals surface area contributed by atoms with Gasteiger partial charge in [-0.15, -0.1) is 0 Å². The van der Waals surface area contributed by atoms with Crippen molar-refractivity contribution in [3.8, 4) is 0 Å². The van der Waals surface area contributed by atoms with Crippen LogP contribution in [0.4, 0.5) is 0 Å². The molecule has 6 fully saturated rings. The fraction of sp³-hybridized carbons (Fsp3) is 0.879. The molecule has 6 saturated heterocycles. The number of nitrogens with one attached hydrogen (secondary N) is 5. The lowest BCUT2D eigenvalue weighted by Gasteiger charge is -2.51. The van der Waals surface area contributed by atoms with Crippen molar-refractivity contribution in [2.75, 3.05) is 40.1 Å². The predicted octanol–water partition coefficient (Wildman–Crippen LogP) is -4.04. The van der Waals surface area contributed by atoms with Crippen LogP contribution in [-0.4, -0.2) is 316 Å². The summed E-state index contributed by atoms with van der Waals surface area (Å²) in [5.41, 5.74) is 0. The highest BCUT2D eigenvalue weighted by atomic mass is 16.8.